The van der Waals surface area contributed by atoms with Crippen LogP contribution in [0.4, 0.5) is 0 Å². The van der Waals surface area contributed by atoms with E-state index in [0.717, 1.165) is 21.5 Å². The molecule has 0 aliphatic heterocycles. The lowest BCUT2D eigenvalue weighted by atomic mass is 10.1. The van der Waals surface area contributed by atoms with Gasteiger partial charge in [0.25, 0.3) is 0 Å². The first-order valence-electron chi connectivity index (χ1n) is 4.55. The minimum atomic E-state index is 0.196. The second kappa shape index (κ2) is 3.67. The van der Waals surface area contributed by atoms with Crippen molar-refractivity contribution in [2.45, 2.75) is 19.3 Å². The van der Waals surface area contributed by atoms with E-state index in [1.165, 1.54) is 0 Å². The van der Waals surface area contributed by atoms with Gasteiger partial charge in [-0.1, -0.05) is 27.5 Å². The Labute approximate surface area is 96.6 Å². The van der Waals surface area contributed by atoms with Gasteiger partial charge in [-0.25, -0.2) is 0 Å². The normalized spacial score (nSPS) is 24.8. The summed E-state index contributed by atoms with van der Waals surface area (Å²) in [5, 5.41) is 0.766. The molecule has 1 fully saturated rings. The summed E-state index contributed by atoms with van der Waals surface area (Å²) in [6, 6.07) is 5.80. The molecule has 0 heterocycles. The Morgan fingerprint density at radius 2 is 2.29 bits per heavy atom. The first-order chi connectivity index (χ1) is 6.59. The molecule has 0 amide bonds. The molecule has 14 heavy (non-hydrogen) atoms. The first kappa shape index (κ1) is 10.2. The van der Waals surface area contributed by atoms with Crippen molar-refractivity contribution in [3.05, 3.63) is 33.3 Å². The molecule has 2 rings (SSSR count). The Kier molecular flexibility index (Phi) is 2.67. The summed E-state index contributed by atoms with van der Waals surface area (Å²) in [6.45, 7) is 1.65. The summed E-state index contributed by atoms with van der Waals surface area (Å²) in [4.78, 5) is 11.1. The van der Waals surface area contributed by atoms with Crippen LogP contribution in [0.25, 0.3) is 0 Å². The van der Waals surface area contributed by atoms with E-state index in [2.05, 4.69) is 15.9 Å². The fraction of sp³-hybridized carbons (Fsp3) is 0.364. The number of benzene rings is 1. The van der Waals surface area contributed by atoms with Gasteiger partial charge in [0, 0.05) is 15.4 Å². The molecule has 3 heteroatoms. The van der Waals surface area contributed by atoms with Gasteiger partial charge < -0.3 is 0 Å². The van der Waals surface area contributed by atoms with Gasteiger partial charge in [-0.2, -0.15) is 0 Å². The van der Waals surface area contributed by atoms with Crippen molar-refractivity contribution in [3.8, 4) is 0 Å². The topological polar surface area (TPSA) is 17.1 Å². The van der Waals surface area contributed by atoms with Gasteiger partial charge in [0.2, 0.25) is 0 Å². The highest BCUT2D eigenvalue weighted by Crippen LogP contribution is 2.50. The average molecular weight is 274 g/mol. The van der Waals surface area contributed by atoms with Crippen LogP contribution in [-0.2, 0) is 4.79 Å². The number of carbonyl (C=O) groups is 1. The Balaban J connectivity index is 2.26. The van der Waals surface area contributed by atoms with Crippen molar-refractivity contribution in [1.29, 1.82) is 0 Å². The van der Waals surface area contributed by atoms with E-state index in [1.54, 1.807) is 6.92 Å². The molecule has 1 aliphatic carbocycles. The highest BCUT2D eigenvalue weighted by atomic mass is 79.9. The number of halogens is 2. The minimum Gasteiger partial charge on any atom is -0.300 e. The Morgan fingerprint density at radius 1 is 1.57 bits per heavy atom. The van der Waals surface area contributed by atoms with E-state index in [-0.39, 0.29) is 11.7 Å². The quantitative estimate of drug-likeness (QED) is 0.801. The molecule has 1 aliphatic rings. The number of hydrogen-bond acceptors (Lipinski definition) is 1. The van der Waals surface area contributed by atoms with Crippen molar-refractivity contribution >= 4 is 33.3 Å². The van der Waals surface area contributed by atoms with Crippen LogP contribution in [0.15, 0.2) is 22.7 Å². The Morgan fingerprint density at radius 3 is 2.86 bits per heavy atom. The zero-order valence-electron chi connectivity index (χ0n) is 7.76. The number of Topliss-reactive ketones (excluding diaryl/α,β-unsaturated/α-hetero) is 1. The van der Waals surface area contributed by atoms with Crippen LogP contribution >= 0.6 is 27.5 Å². The van der Waals surface area contributed by atoms with E-state index in [0.29, 0.717) is 5.92 Å². The molecule has 0 aromatic heterocycles. The van der Waals surface area contributed by atoms with Crippen LogP contribution in [0.1, 0.15) is 24.8 Å². The lowest BCUT2D eigenvalue weighted by Crippen LogP contribution is -1.95. The lowest BCUT2D eigenvalue weighted by molar-refractivity contribution is -0.118. The number of ketones is 1. The molecule has 1 nitrogen and oxygen atoms in total. The fourth-order valence-electron chi connectivity index (χ4n) is 1.79. The van der Waals surface area contributed by atoms with Gasteiger partial charge >= 0.3 is 0 Å². The van der Waals surface area contributed by atoms with E-state index < -0.39 is 0 Å². The molecule has 0 saturated heterocycles. The lowest BCUT2D eigenvalue weighted by Gasteiger charge is -2.03. The molecule has 74 valence electrons. The molecule has 0 N–H and O–H groups in total. The fourth-order valence-corrected chi connectivity index (χ4v) is 2.42. The van der Waals surface area contributed by atoms with Crippen LogP contribution in [0.2, 0.25) is 5.02 Å². The van der Waals surface area contributed by atoms with Crippen LogP contribution in [0.5, 0.6) is 0 Å². The van der Waals surface area contributed by atoms with Gasteiger partial charge in [0.05, 0.1) is 0 Å². The summed E-state index contributed by atoms with van der Waals surface area (Å²) < 4.78 is 1.02. The molecular weight excluding hydrogens is 263 g/mol. The van der Waals surface area contributed by atoms with Gasteiger partial charge in [-0.3, -0.25) is 4.79 Å². The average Bonchev–Trinajstić information content (AvgIpc) is 2.88. The van der Waals surface area contributed by atoms with Crippen molar-refractivity contribution in [1.82, 2.24) is 0 Å². The summed E-state index contributed by atoms with van der Waals surface area (Å²) in [7, 11) is 0. The molecule has 0 bridgehead atoms. The van der Waals surface area contributed by atoms with Crippen molar-refractivity contribution in [2.24, 2.45) is 5.92 Å². The SMILES string of the molecule is CC(=O)C1CC1c1cc(Br)ccc1Cl. The maximum atomic E-state index is 11.1. The third kappa shape index (κ3) is 1.86. The smallest absolute Gasteiger partial charge is 0.133 e. The largest absolute Gasteiger partial charge is 0.300 e. The van der Waals surface area contributed by atoms with Crippen LogP contribution < -0.4 is 0 Å². The van der Waals surface area contributed by atoms with E-state index in [1.807, 2.05) is 18.2 Å². The van der Waals surface area contributed by atoms with E-state index >= 15 is 0 Å². The van der Waals surface area contributed by atoms with Crippen LogP contribution in [0.3, 0.4) is 0 Å². The standard InChI is InChI=1S/C11H10BrClO/c1-6(14)8-5-9(8)10-4-7(12)2-3-11(10)13/h2-4,8-9H,5H2,1H3. The Bertz CT molecular complexity index is 389. The van der Waals surface area contributed by atoms with Crippen LogP contribution in [0, 0.1) is 5.92 Å². The number of carbonyl (C=O) groups excluding carboxylic acids is 1. The molecular formula is C11H10BrClO. The van der Waals surface area contributed by atoms with Gasteiger partial charge in [0.15, 0.2) is 0 Å². The first-order valence-corrected chi connectivity index (χ1v) is 5.72. The molecule has 2 atom stereocenters. The molecule has 1 aromatic rings. The van der Waals surface area contributed by atoms with E-state index in [4.69, 9.17) is 11.6 Å². The molecule has 0 spiro atoms. The molecule has 1 aromatic carbocycles. The maximum Gasteiger partial charge on any atom is 0.133 e. The summed E-state index contributed by atoms with van der Waals surface area (Å²) in [6.07, 6.45) is 0.950. The van der Waals surface area contributed by atoms with E-state index in [9.17, 15) is 4.79 Å². The summed E-state index contributed by atoms with van der Waals surface area (Å²) in [5.41, 5.74) is 1.10. The Hall–Kier alpha value is -0.340. The van der Waals surface area contributed by atoms with Crippen molar-refractivity contribution < 1.29 is 4.79 Å². The maximum absolute atomic E-state index is 11.1. The molecule has 0 radical (unpaired) electrons. The van der Waals surface area contributed by atoms with Gasteiger partial charge in [-0.05, 0) is 43.0 Å². The predicted molar refractivity (Wildman–Crippen MR) is 60.7 cm³/mol. The second-order valence-electron chi connectivity index (χ2n) is 3.73. The second-order valence-corrected chi connectivity index (χ2v) is 5.05. The zero-order valence-corrected chi connectivity index (χ0v) is 10.1. The van der Waals surface area contributed by atoms with Crippen molar-refractivity contribution in [2.75, 3.05) is 0 Å². The number of hydrogen-bond donors (Lipinski definition) is 0. The minimum absolute atomic E-state index is 0.196. The van der Waals surface area contributed by atoms with Gasteiger partial charge in [0.1, 0.15) is 5.78 Å². The highest BCUT2D eigenvalue weighted by molar-refractivity contribution is 9.10. The monoisotopic (exact) mass is 272 g/mol. The molecule has 2 unspecified atom stereocenters. The van der Waals surface area contributed by atoms with Gasteiger partial charge in [-0.15, -0.1) is 0 Å². The summed E-state index contributed by atoms with van der Waals surface area (Å²) >= 11 is 9.47. The third-order valence-corrected chi connectivity index (χ3v) is 3.51. The predicted octanol–water partition coefficient (Wildman–Crippen LogP) is 3.80. The highest BCUT2D eigenvalue weighted by Gasteiger charge is 2.42. The third-order valence-electron chi connectivity index (χ3n) is 2.67. The van der Waals surface area contributed by atoms with Crippen molar-refractivity contribution in [3.63, 3.8) is 0 Å². The zero-order chi connectivity index (χ0) is 10.3. The number of rotatable bonds is 2. The molecule has 1 saturated carbocycles. The van der Waals surface area contributed by atoms with Crippen LogP contribution in [-0.4, -0.2) is 5.78 Å². The summed E-state index contributed by atoms with van der Waals surface area (Å²) in [5.74, 6) is 0.811.